The van der Waals surface area contributed by atoms with Crippen LogP contribution in [-0.4, -0.2) is 29.0 Å². The van der Waals surface area contributed by atoms with Crippen molar-refractivity contribution in [3.8, 4) is 0 Å². The Morgan fingerprint density at radius 3 is 2.00 bits per heavy atom. The lowest BCUT2D eigenvalue weighted by Gasteiger charge is -2.62. The van der Waals surface area contributed by atoms with Gasteiger partial charge in [0.25, 0.3) is 0 Å². The van der Waals surface area contributed by atoms with E-state index < -0.39 is 30.3 Å². The molecule has 3 nitrogen and oxygen atoms in total. The second kappa shape index (κ2) is 5.64. The average Bonchev–Trinajstić information content (AvgIpc) is 2.39. The predicted octanol–water partition coefficient (Wildman–Crippen LogP) is 3.69. The summed E-state index contributed by atoms with van der Waals surface area (Å²) in [4.78, 5) is 12.2. The Morgan fingerprint density at radius 1 is 1.13 bits per heavy atom. The van der Waals surface area contributed by atoms with Crippen LogP contribution in [0.15, 0.2) is 0 Å². The van der Waals surface area contributed by atoms with Crippen molar-refractivity contribution >= 4 is 5.97 Å². The first-order chi connectivity index (χ1) is 10.6. The van der Waals surface area contributed by atoms with E-state index in [1.165, 1.54) is 6.42 Å². The maximum atomic E-state index is 12.4. The first-order valence-electron chi connectivity index (χ1n) is 8.59. The number of carbonyl (C=O) groups excluding carboxylic acids is 1. The molecule has 23 heavy (non-hydrogen) atoms. The number of rotatable bonds is 4. The van der Waals surface area contributed by atoms with Crippen LogP contribution in [0.5, 0.6) is 0 Å². The first-order valence-corrected chi connectivity index (χ1v) is 8.59. The van der Waals surface area contributed by atoms with E-state index >= 15 is 0 Å². The molecule has 4 fully saturated rings. The number of aliphatic hydroxyl groups excluding tert-OH is 1. The lowest BCUT2D eigenvalue weighted by atomic mass is 9.47. The highest BCUT2D eigenvalue weighted by molar-refractivity contribution is 5.75. The highest BCUT2D eigenvalue weighted by Crippen LogP contribution is 2.61. The van der Waals surface area contributed by atoms with E-state index in [2.05, 4.69) is 0 Å². The Morgan fingerprint density at radius 2 is 1.61 bits per heavy atom. The fraction of sp³-hybridized carbons (Fsp3) is 0.941. The fourth-order valence-corrected chi connectivity index (χ4v) is 5.69. The van der Waals surface area contributed by atoms with E-state index in [1.54, 1.807) is 0 Å². The van der Waals surface area contributed by atoms with Gasteiger partial charge >= 0.3 is 12.1 Å². The second-order valence-electron chi connectivity index (χ2n) is 8.07. The van der Waals surface area contributed by atoms with Gasteiger partial charge in [0.2, 0.25) is 0 Å². The maximum Gasteiger partial charge on any atom is 0.392 e. The van der Waals surface area contributed by atoms with Crippen LogP contribution in [0.25, 0.3) is 0 Å². The van der Waals surface area contributed by atoms with E-state index in [0.29, 0.717) is 11.8 Å². The summed E-state index contributed by atoms with van der Waals surface area (Å²) in [7, 11) is 0. The molecule has 4 rings (SSSR count). The summed E-state index contributed by atoms with van der Waals surface area (Å²) < 4.78 is 43.0. The van der Waals surface area contributed by atoms with E-state index in [1.807, 2.05) is 13.8 Å². The monoisotopic (exact) mass is 334 g/mol. The number of carbonyl (C=O) groups is 1. The summed E-state index contributed by atoms with van der Waals surface area (Å²) in [5.41, 5.74) is -0.697. The molecule has 4 aliphatic carbocycles. The van der Waals surface area contributed by atoms with Crippen molar-refractivity contribution < 1.29 is 27.8 Å². The van der Waals surface area contributed by atoms with Gasteiger partial charge in [0.05, 0.1) is 6.42 Å². The third-order valence-corrected chi connectivity index (χ3v) is 6.29. The molecule has 0 radical (unpaired) electrons. The molecule has 4 saturated carbocycles. The minimum atomic E-state index is -4.58. The van der Waals surface area contributed by atoms with Gasteiger partial charge in [0, 0.05) is 0 Å². The second-order valence-corrected chi connectivity index (χ2v) is 8.07. The number of alkyl halides is 3. The van der Waals surface area contributed by atoms with Gasteiger partial charge in [0.1, 0.15) is 5.60 Å². The van der Waals surface area contributed by atoms with Gasteiger partial charge in [-0.15, -0.1) is 0 Å². The number of halogens is 3. The summed E-state index contributed by atoms with van der Waals surface area (Å²) in [6, 6.07) is 0. The molecular weight excluding hydrogens is 309 g/mol. The minimum Gasteiger partial charge on any atom is -0.456 e. The highest BCUT2D eigenvalue weighted by atomic mass is 19.4. The zero-order chi connectivity index (χ0) is 17.0. The van der Waals surface area contributed by atoms with Crippen LogP contribution in [0.2, 0.25) is 0 Å². The Hall–Kier alpha value is -0.780. The van der Waals surface area contributed by atoms with Crippen LogP contribution in [0.3, 0.4) is 0 Å². The van der Waals surface area contributed by atoms with Crippen molar-refractivity contribution in [1.82, 2.24) is 0 Å². The molecule has 1 atom stereocenters. The van der Waals surface area contributed by atoms with Gasteiger partial charge in [-0.25, -0.2) is 4.79 Å². The van der Waals surface area contributed by atoms with Crippen LogP contribution in [-0.2, 0) is 9.53 Å². The molecule has 1 unspecified atom stereocenters. The molecule has 0 aliphatic heterocycles. The molecule has 0 heterocycles. The molecule has 6 heteroatoms. The van der Waals surface area contributed by atoms with Gasteiger partial charge in [-0.05, 0) is 61.7 Å². The summed E-state index contributed by atoms with van der Waals surface area (Å²) in [5, 5.41) is 9.61. The zero-order valence-corrected chi connectivity index (χ0v) is 13.6. The first kappa shape index (κ1) is 17.1. The van der Waals surface area contributed by atoms with Crippen molar-refractivity contribution in [2.45, 2.75) is 70.3 Å². The predicted molar refractivity (Wildman–Crippen MR) is 77.4 cm³/mol. The maximum absolute atomic E-state index is 12.4. The Balaban J connectivity index is 1.78. The van der Waals surface area contributed by atoms with Crippen LogP contribution >= 0.6 is 0 Å². The van der Waals surface area contributed by atoms with E-state index in [4.69, 9.17) is 4.74 Å². The average molecular weight is 334 g/mol. The summed E-state index contributed by atoms with van der Waals surface area (Å²) in [5.74, 6) is 0.718. The number of esters is 1. The molecule has 0 aromatic carbocycles. The number of hydrogen-bond donors (Lipinski definition) is 1. The van der Waals surface area contributed by atoms with Crippen LogP contribution in [0.4, 0.5) is 13.2 Å². The van der Waals surface area contributed by atoms with Gasteiger partial charge in [-0.1, -0.05) is 13.8 Å². The molecule has 4 aliphatic rings. The topological polar surface area (TPSA) is 46.5 Å². The number of aliphatic hydroxyl groups is 1. The molecule has 4 bridgehead atoms. The smallest absolute Gasteiger partial charge is 0.392 e. The van der Waals surface area contributed by atoms with Crippen molar-refractivity contribution in [1.29, 1.82) is 0 Å². The van der Waals surface area contributed by atoms with Gasteiger partial charge < -0.3 is 9.84 Å². The normalized spacial score (nSPS) is 40.5. The van der Waals surface area contributed by atoms with Gasteiger partial charge in [-0.3, -0.25) is 0 Å². The molecule has 132 valence electrons. The largest absolute Gasteiger partial charge is 0.456 e. The SMILES string of the molecule is CC(C)C1(OC(=O)C(O)CC(F)(F)F)C2CC3CC(C2)CC1C3. The van der Waals surface area contributed by atoms with Gasteiger partial charge in [0.15, 0.2) is 6.10 Å². The van der Waals surface area contributed by atoms with Crippen molar-refractivity contribution in [3.05, 3.63) is 0 Å². The standard InChI is InChI=1S/C17H25F3O3/c1-9(2)17(23-15(22)14(21)8-16(18,19)20)12-4-10-3-11(6-12)7-13(17)5-10/h9-14,21H,3-8H2,1-2H3. The molecular formula is C17H25F3O3. The van der Waals surface area contributed by atoms with Crippen molar-refractivity contribution in [2.24, 2.45) is 29.6 Å². The molecule has 0 aromatic rings. The zero-order valence-electron chi connectivity index (χ0n) is 13.6. The number of ether oxygens (including phenoxy) is 1. The van der Waals surface area contributed by atoms with Crippen molar-refractivity contribution in [2.75, 3.05) is 0 Å². The Kier molecular flexibility index (Phi) is 4.18. The molecule has 0 aromatic heterocycles. The summed E-state index contributed by atoms with van der Waals surface area (Å²) in [6.07, 6.45) is -3.02. The molecule has 0 spiro atoms. The quantitative estimate of drug-likeness (QED) is 0.798. The summed E-state index contributed by atoms with van der Waals surface area (Å²) >= 11 is 0. The molecule has 0 saturated heterocycles. The molecule has 1 N–H and O–H groups in total. The number of hydrogen-bond acceptors (Lipinski definition) is 3. The third-order valence-electron chi connectivity index (χ3n) is 6.29. The van der Waals surface area contributed by atoms with Crippen LogP contribution in [0.1, 0.15) is 52.4 Å². The lowest BCUT2D eigenvalue weighted by Crippen LogP contribution is -2.62. The Labute approximate surface area is 134 Å². The minimum absolute atomic E-state index is 0.0412. The van der Waals surface area contributed by atoms with E-state index in [9.17, 15) is 23.1 Å². The highest BCUT2D eigenvalue weighted by Gasteiger charge is 2.61. The van der Waals surface area contributed by atoms with Gasteiger partial charge in [-0.2, -0.15) is 13.2 Å². The lowest BCUT2D eigenvalue weighted by molar-refractivity contribution is -0.235. The summed E-state index contributed by atoms with van der Waals surface area (Å²) in [6.45, 7) is 3.96. The third kappa shape index (κ3) is 2.99. The van der Waals surface area contributed by atoms with Crippen molar-refractivity contribution in [3.63, 3.8) is 0 Å². The molecule has 0 amide bonds. The van der Waals surface area contributed by atoms with E-state index in [-0.39, 0.29) is 17.8 Å². The Bertz CT molecular complexity index is 444. The fourth-order valence-electron chi connectivity index (χ4n) is 5.69. The van der Waals surface area contributed by atoms with Crippen LogP contribution in [0, 0.1) is 29.6 Å². The van der Waals surface area contributed by atoms with Crippen LogP contribution < -0.4 is 0 Å². The van der Waals surface area contributed by atoms with E-state index in [0.717, 1.165) is 25.7 Å².